The molecule has 1 aliphatic heterocycles. The van der Waals surface area contributed by atoms with Gasteiger partial charge in [-0.25, -0.2) is 0 Å². The molecule has 1 aromatic carbocycles. The van der Waals surface area contributed by atoms with Gasteiger partial charge in [0, 0.05) is 19.2 Å². The third kappa shape index (κ3) is 5.08. The summed E-state index contributed by atoms with van der Waals surface area (Å²) in [6, 6.07) is 8.33. The highest BCUT2D eigenvalue weighted by molar-refractivity contribution is 6.01. The van der Waals surface area contributed by atoms with E-state index in [1.165, 1.54) is 5.56 Å². The van der Waals surface area contributed by atoms with Crippen LogP contribution in [0.1, 0.15) is 78.5 Å². The number of rotatable bonds is 4. The molecule has 1 aliphatic rings. The molecule has 0 aliphatic carbocycles. The number of nitriles is 1. The maximum Gasteiger partial charge on any atom is 0.131 e. The summed E-state index contributed by atoms with van der Waals surface area (Å²) in [6.45, 7) is 18.9. The molecule has 1 heterocycles. The number of hydrogen-bond acceptors (Lipinski definition) is 3. The molecule has 0 amide bonds. The molecule has 140 valence electrons. The van der Waals surface area contributed by atoms with Crippen molar-refractivity contribution in [3.8, 4) is 6.07 Å². The predicted octanol–water partition coefficient (Wildman–Crippen LogP) is 5.63. The Labute approximate surface area is 155 Å². The Balaban J connectivity index is 0.00000134. The van der Waals surface area contributed by atoms with Crippen molar-refractivity contribution in [2.45, 2.75) is 67.2 Å². The van der Waals surface area contributed by atoms with Crippen LogP contribution in [0.25, 0.3) is 0 Å². The highest BCUT2D eigenvalue weighted by Crippen LogP contribution is 2.38. The Hall–Kier alpha value is -1.82. The quantitative estimate of drug-likeness (QED) is 0.711. The van der Waals surface area contributed by atoms with E-state index < -0.39 is 0 Å². The van der Waals surface area contributed by atoms with Crippen molar-refractivity contribution in [3.05, 3.63) is 34.9 Å². The first-order valence-electron chi connectivity index (χ1n) is 9.74. The van der Waals surface area contributed by atoms with Crippen LogP contribution in [0, 0.1) is 17.2 Å². The second-order valence-corrected chi connectivity index (χ2v) is 6.42. The number of amidine groups is 1. The maximum atomic E-state index is 9.23. The van der Waals surface area contributed by atoms with Gasteiger partial charge in [-0.1, -0.05) is 61.5 Å². The zero-order valence-electron chi connectivity index (χ0n) is 17.8. The fourth-order valence-corrected chi connectivity index (χ4v) is 3.03. The molecule has 1 aromatic rings. The SMILES string of the molecule is CC.CC.CCC(C)(c1ccc(C#N)cc1C1=NCCN1C)C(C)C. The molecule has 25 heavy (non-hydrogen) atoms. The van der Waals surface area contributed by atoms with Crippen LogP contribution in [0.2, 0.25) is 0 Å². The summed E-state index contributed by atoms with van der Waals surface area (Å²) in [5.41, 5.74) is 3.24. The lowest BCUT2D eigenvalue weighted by atomic mass is 9.69. The van der Waals surface area contributed by atoms with Crippen LogP contribution in [-0.2, 0) is 5.41 Å². The number of nitrogens with zero attached hydrogens (tertiary/aromatic N) is 3. The molecule has 0 saturated carbocycles. The normalized spacial score (nSPS) is 15.2. The van der Waals surface area contributed by atoms with Gasteiger partial charge < -0.3 is 4.90 Å². The van der Waals surface area contributed by atoms with E-state index in [2.05, 4.69) is 56.8 Å². The monoisotopic (exact) mass is 343 g/mol. The number of benzene rings is 1. The van der Waals surface area contributed by atoms with E-state index in [0.717, 1.165) is 30.9 Å². The van der Waals surface area contributed by atoms with Crippen molar-refractivity contribution in [2.75, 3.05) is 20.1 Å². The fourth-order valence-electron chi connectivity index (χ4n) is 3.03. The molecular weight excluding hydrogens is 306 g/mol. The Morgan fingerprint density at radius 2 is 1.84 bits per heavy atom. The van der Waals surface area contributed by atoms with Crippen LogP contribution in [0.4, 0.5) is 0 Å². The van der Waals surface area contributed by atoms with Crippen LogP contribution in [0.5, 0.6) is 0 Å². The molecule has 0 saturated heterocycles. The van der Waals surface area contributed by atoms with Gasteiger partial charge in [0.25, 0.3) is 0 Å². The van der Waals surface area contributed by atoms with Gasteiger partial charge in [0.05, 0.1) is 18.2 Å². The zero-order valence-corrected chi connectivity index (χ0v) is 17.8. The van der Waals surface area contributed by atoms with Gasteiger partial charge >= 0.3 is 0 Å². The summed E-state index contributed by atoms with van der Waals surface area (Å²) in [5, 5.41) is 9.23. The summed E-state index contributed by atoms with van der Waals surface area (Å²) in [7, 11) is 2.08. The third-order valence-corrected chi connectivity index (χ3v) is 5.07. The number of hydrogen-bond donors (Lipinski definition) is 0. The first-order chi connectivity index (χ1) is 11.9. The Kier molecular flexibility index (Phi) is 10.1. The van der Waals surface area contributed by atoms with Crippen molar-refractivity contribution in [1.82, 2.24) is 4.90 Å². The maximum absolute atomic E-state index is 9.23. The Bertz CT molecular complexity index is 596. The van der Waals surface area contributed by atoms with Gasteiger partial charge in [-0.3, -0.25) is 4.99 Å². The molecule has 0 spiro atoms. The average molecular weight is 344 g/mol. The number of aliphatic imine (C=N–C) groups is 1. The van der Waals surface area contributed by atoms with Crippen molar-refractivity contribution < 1.29 is 0 Å². The first kappa shape index (κ1) is 23.2. The van der Waals surface area contributed by atoms with Gasteiger partial charge in [0.1, 0.15) is 5.84 Å². The van der Waals surface area contributed by atoms with E-state index in [-0.39, 0.29) is 5.41 Å². The molecule has 1 unspecified atom stereocenters. The lowest BCUT2D eigenvalue weighted by Gasteiger charge is -2.36. The average Bonchev–Trinajstić information content (AvgIpc) is 3.09. The molecule has 0 bridgehead atoms. The minimum absolute atomic E-state index is 0.0925. The van der Waals surface area contributed by atoms with Crippen molar-refractivity contribution >= 4 is 5.84 Å². The van der Waals surface area contributed by atoms with Crippen LogP contribution in [0.3, 0.4) is 0 Å². The molecule has 0 fully saturated rings. The van der Waals surface area contributed by atoms with Crippen LogP contribution >= 0.6 is 0 Å². The zero-order chi connectivity index (χ0) is 19.6. The largest absolute Gasteiger partial charge is 0.358 e. The Morgan fingerprint density at radius 1 is 1.24 bits per heavy atom. The summed E-state index contributed by atoms with van der Waals surface area (Å²) in [6.07, 6.45) is 1.07. The van der Waals surface area contributed by atoms with E-state index in [1.54, 1.807) is 0 Å². The van der Waals surface area contributed by atoms with Crippen molar-refractivity contribution in [3.63, 3.8) is 0 Å². The highest BCUT2D eigenvalue weighted by Gasteiger charge is 2.33. The van der Waals surface area contributed by atoms with E-state index >= 15 is 0 Å². The summed E-state index contributed by atoms with van der Waals surface area (Å²) < 4.78 is 0. The molecule has 3 nitrogen and oxygen atoms in total. The number of likely N-dealkylation sites (N-methyl/N-ethyl adjacent to an activating group) is 1. The van der Waals surface area contributed by atoms with Gasteiger partial charge in [-0.15, -0.1) is 0 Å². The van der Waals surface area contributed by atoms with Gasteiger partial charge in [0.15, 0.2) is 0 Å². The molecular formula is C22H37N3. The van der Waals surface area contributed by atoms with E-state index in [9.17, 15) is 5.26 Å². The van der Waals surface area contributed by atoms with Gasteiger partial charge in [-0.05, 0) is 35.4 Å². The minimum atomic E-state index is 0.0925. The van der Waals surface area contributed by atoms with E-state index in [4.69, 9.17) is 0 Å². The van der Waals surface area contributed by atoms with Gasteiger partial charge in [-0.2, -0.15) is 5.26 Å². The van der Waals surface area contributed by atoms with Crippen molar-refractivity contribution in [1.29, 1.82) is 5.26 Å². The molecule has 2 rings (SSSR count). The van der Waals surface area contributed by atoms with Gasteiger partial charge in [0.2, 0.25) is 0 Å². The fraction of sp³-hybridized carbons (Fsp3) is 0.636. The molecule has 3 heteroatoms. The lowest BCUT2D eigenvalue weighted by molar-refractivity contribution is 0.325. The van der Waals surface area contributed by atoms with Crippen LogP contribution < -0.4 is 0 Å². The first-order valence-corrected chi connectivity index (χ1v) is 9.74. The smallest absolute Gasteiger partial charge is 0.131 e. The van der Waals surface area contributed by atoms with Crippen molar-refractivity contribution in [2.24, 2.45) is 10.9 Å². The minimum Gasteiger partial charge on any atom is -0.358 e. The summed E-state index contributed by atoms with van der Waals surface area (Å²) >= 11 is 0. The van der Waals surface area contributed by atoms with E-state index in [0.29, 0.717) is 11.5 Å². The summed E-state index contributed by atoms with van der Waals surface area (Å²) in [4.78, 5) is 6.85. The van der Waals surface area contributed by atoms with Crippen LogP contribution in [-0.4, -0.2) is 30.9 Å². The topological polar surface area (TPSA) is 39.4 Å². The second-order valence-electron chi connectivity index (χ2n) is 6.42. The van der Waals surface area contributed by atoms with Crippen LogP contribution in [0.15, 0.2) is 23.2 Å². The predicted molar refractivity (Wildman–Crippen MR) is 110 cm³/mol. The standard InChI is InChI=1S/C18H25N3.2C2H6/c1-6-18(4,13(2)3)16-8-7-14(12-19)11-15(16)17-20-9-10-21(17)5;2*1-2/h7-8,11,13H,6,9-10H2,1-5H3;2*1-2H3. The second kappa shape index (κ2) is 10.9. The molecule has 0 aromatic heterocycles. The Morgan fingerprint density at radius 3 is 2.24 bits per heavy atom. The molecule has 0 N–H and O–H groups in total. The molecule has 0 radical (unpaired) electrons. The summed E-state index contributed by atoms with van der Waals surface area (Å²) in [5.74, 6) is 1.56. The van der Waals surface area contributed by atoms with E-state index in [1.807, 2.05) is 39.8 Å². The molecule has 1 atom stereocenters. The third-order valence-electron chi connectivity index (χ3n) is 5.07. The highest BCUT2D eigenvalue weighted by atomic mass is 15.2. The lowest BCUT2D eigenvalue weighted by Crippen LogP contribution is -2.32.